The lowest BCUT2D eigenvalue weighted by Gasteiger charge is -2.18. The molecule has 2 atom stereocenters. The zero-order valence-electron chi connectivity index (χ0n) is 13.1. The number of benzene rings is 2. The SMILES string of the molecule is C[C@H](NC[C@@H](O)c1ccc(OS(C)(=O)=O)cc1)c1ccccc1. The summed E-state index contributed by atoms with van der Waals surface area (Å²) in [7, 11) is -3.54. The van der Waals surface area contributed by atoms with E-state index >= 15 is 0 Å². The fraction of sp³-hybridized carbons (Fsp3) is 0.294. The van der Waals surface area contributed by atoms with Gasteiger partial charge in [0.05, 0.1) is 12.4 Å². The molecule has 124 valence electrons. The topological polar surface area (TPSA) is 75.6 Å². The van der Waals surface area contributed by atoms with E-state index in [1.807, 2.05) is 37.3 Å². The van der Waals surface area contributed by atoms with Crippen LogP contribution in [-0.4, -0.2) is 26.3 Å². The number of hydrogen-bond acceptors (Lipinski definition) is 5. The van der Waals surface area contributed by atoms with Crippen LogP contribution >= 0.6 is 0 Å². The predicted octanol–water partition coefficient (Wildman–Crippen LogP) is 2.41. The fourth-order valence-corrected chi connectivity index (χ4v) is 2.65. The van der Waals surface area contributed by atoms with Crippen LogP contribution in [0.5, 0.6) is 5.75 Å². The molecule has 0 unspecified atom stereocenters. The molecular formula is C17H21NO4S. The summed E-state index contributed by atoms with van der Waals surface area (Å²) in [5.74, 6) is 0.231. The van der Waals surface area contributed by atoms with Crippen LogP contribution in [0.4, 0.5) is 0 Å². The molecule has 0 aliphatic heterocycles. The van der Waals surface area contributed by atoms with Gasteiger partial charge in [-0.1, -0.05) is 42.5 Å². The van der Waals surface area contributed by atoms with Crippen LogP contribution in [-0.2, 0) is 10.1 Å². The van der Waals surface area contributed by atoms with E-state index in [2.05, 4.69) is 5.32 Å². The summed E-state index contributed by atoms with van der Waals surface area (Å²) in [6.45, 7) is 2.42. The van der Waals surface area contributed by atoms with Crippen molar-refractivity contribution in [2.75, 3.05) is 12.8 Å². The highest BCUT2D eigenvalue weighted by atomic mass is 32.2. The largest absolute Gasteiger partial charge is 0.387 e. The lowest BCUT2D eigenvalue weighted by Crippen LogP contribution is -2.24. The van der Waals surface area contributed by atoms with Crippen LogP contribution in [0.25, 0.3) is 0 Å². The van der Waals surface area contributed by atoms with Crippen LogP contribution in [0.1, 0.15) is 30.2 Å². The molecule has 2 N–H and O–H groups in total. The zero-order chi connectivity index (χ0) is 16.9. The summed E-state index contributed by atoms with van der Waals surface area (Å²) in [5, 5.41) is 13.5. The van der Waals surface area contributed by atoms with Crippen LogP contribution < -0.4 is 9.50 Å². The van der Waals surface area contributed by atoms with Crippen LogP contribution in [0, 0.1) is 0 Å². The van der Waals surface area contributed by atoms with Gasteiger partial charge in [0, 0.05) is 12.6 Å². The first-order valence-corrected chi connectivity index (χ1v) is 9.12. The van der Waals surface area contributed by atoms with Gasteiger partial charge in [-0.3, -0.25) is 0 Å². The monoisotopic (exact) mass is 335 g/mol. The maximum atomic E-state index is 11.1. The Bertz CT molecular complexity index is 714. The third-order valence-corrected chi connectivity index (χ3v) is 3.92. The molecule has 2 aromatic carbocycles. The highest BCUT2D eigenvalue weighted by Gasteiger charge is 2.11. The second-order valence-electron chi connectivity index (χ2n) is 5.41. The van der Waals surface area contributed by atoms with Crippen molar-refractivity contribution in [2.24, 2.45) is 0 Å². The van der Waals surface area contributed by atoms with E-state index in [-0.39, 0.29) is 11.8 Å². The summed E-state index contributed by atoms with van der Waals surface area (Å²) < 4.78 is 26.9. The lowest BCUT2D eigenvalue weighted by molar-refractivity contribution is 0.171. The molecule has 0 aliphatic carbocycles. The minimum absolute atomic E-state index is 0.124. The molecular weight excluding hydrogens is 314 g/mol. The van der Waals surface area contributed by atoms with E-state index in [0.717, 1.165) is 11.8 Å². The lowest BCUT2D eigenvalue weighted by atomic mass is 10.1. The van der Waals surface area contributed by atoms with Gasteiger partial charge in [0.25, 0.3) is 0 Å². The van der Waals surface area contributed by atoms with E-state index in [4.69, 9.17) is 4.18 Å². The second kappa shape index (κ2) is 7.59. The van der Waals surface area contributed by atoms with Gasteiger partial charge in [-0.2, -0.15) is 8.42 Å². The minimum Gasteiger partial charge on any atom is -0.387 e. The van der Waals surface area contributed by atoms with Crippen molar-refractivity contribution in [3.05, 3.63) is 65.7 Å². The Morgan fingerprint density at radius 2 is 1.65 bits per heavy atom. The Morgan fingerprint density at radius 3 is 2.22 bits per heavy atom. The van der Waals surface area contributed by atoms with Gasteiger partial charge >= 0.3 is 10.1 Å². The average molecular weight is 335 g/mol. The highest BCUT2D eigenvalue weighted by Crippen LogP contribution is 2.19. The van der Waals surface area contributed by atoms with E-state index in [1.54, 1.807) is 12.1 Å². The maximum absolute atomic E-state index is 11.1. The minimum atomic E-state index is -3.54. The predicted molar refractivity (Wildman–Crippen MR) is 89.7 cm³/mol. The molecule has 2 rings (SSSR count). The summed E-state index contributed by atoms with van der Waals surface area (Å²) in [6, 6.07) is 16.5. The van der Waals surface area contributed by atoms with Crippen LogP contribution in [0.15, 0.2) is 54.6 Å². The number of hydrogen-bond donors (Lipinski definition) is 2. The van der Waals surface area contributed by atoms with E-state index in [0.29, 0.717) is 12.1 Å². The molecule has 0 aliphatic rings. The summed E-state index contributed by atoms with van der Waals surface area (Å²) in [6.07, 6.45) is 0.304. The van der Waals surface area contributed by atoms with Crippen molar-refractivity contribution in [3.8, 4) is 5.75 Å². The summed E-state index contributed by atoms with van der Waals surface area (Å²) in [5.41, 5.74) is 1.84. The van der Waals surface area contributed by atoms with Gasteiger partial charge in [-0.05, 0) is 30.2 Å². The second-order valence-corrected chi connectivity index (χ2v) is 6.99. The number of nitrogens with one attached hydrogen (secondary N) is 1. The van der Waals surface area contributed by atoms with Gasteiger partial charge in [0.2, 0.25) is 0 Å². The standard InChI is InChI=1S/C17H21NO4S/c1-13(14-6-4-3-5-7-14)18-12-17(19)15-8-10-16(11-9-15)22-23(2,20)21/h3-11,13,17-19H,12H2,1-2H3/t13-,17+/m0/s1. The van der Waals surface area contributed by atoms with Crippen molar-refractivity contribution < 1.29 is 17.7 Å². The van der Waals surface area contributed by atoms with Gasteiger partial charge in [-0.15, -0.1) is 0 Å². The fourth-order valence-electron chi connectivity index (χ4n) is 2.19. The van der Waals surface area contributed by atoms with Gasteiger partial charge < -0.3 is 14.6 Å². The van der Waals surface area contributed by atoms with Crippen molar-refractivity contribution in [1.82, 2.24) is 5.32 Å². The van der Waals surface area contributed by atoms with Crippen LogP contribution in [0.3, 0.4) is 0 Å². The number of aliphatic hydroxyl groups excluding tert-OH is 1. The van der Waals surface area contributed by atoms with E-state index in [1.165, 1.54) is 12.1 Å². The Morgan fingerprint density at radius 1 is 1.04 bits per heavy atom. The smallest absolute Gasteiger partial charge is 0.306 e. The Kier molecular flexibility index (Phi) is 5.76. The molecule has 0 saturated carbocycles. The Hall–Kier alpha value is -1.89. The van der Waals surface area contributed by atoms with E-state index in [9.17, 15) is 13.5 Å². The first-order chi connectivity index (χ1) is 10.8. The van der Waals surface area contributed by atoms with Crippen molar-refractivity contribution in [1.29, 1.82) is 0 Å². The molecule has 2 aromatic rings. The Balaban J connectivity index is 1.92. The molecule has 0 amide bonds. The summed E-state index contributed by atoms with van der Waals surface area (Å²) >= 11 is 0. The molecule has 0 aromatic heterocycles. The van der Waals surface area contributed by atoms with E-state index < -0.39 is 16.2 Å². The van der Waals surface area contributed by atoms with Gasteiger partial charge in [0.1, 0.15) is 5.75 Å². The number of rotatable bonds is 7. The maximum Gasteiger partial charge on any atom is 0.306 e. The van der Waals surface area contributed by atoms with Crippen LogP contribution in [0.2, 0.25) is 0 Å². The Labute approximate surface area is 137 Å². The van der Waals surface area contributed by atoms with Gasteiger partial charge in [-0.25, -0.2) is 0 Å². The third kappa shape index (κ3) is 5.67. The average Bonchev–Trinajstić information content (AvgIpc) is 2.52. The van der Waals surface area contributed by atoms with Crippen molar-refractivity contribution >= 4 is 10.1 Å². The normalized spacial score (nSPS) is 14.2. The molecule has 6 heteroatoms. The molecule has 0 fully saturated rings. The first kappa shape index (κ1) is 17.5. The molecule has 5 nitrogen and oxygen atoms in total. The third-order valence-electron chi connectivity index (χ3n) is 3.43. The van der Waals surface area contributed by atoms with Crippen molar-refractivity contribution in [3.63, 3.8) is 0 Å². The zero-order valence-corrected chi connectivity index (χ0v) is 14.0. The van der Waals surface area contributed by atoms with Gasteiger partial charge in [0.15, 0.2) is 0 Å². The molecule has 0 radical (unpaired) electrons. The molecule has 23 heavy (non-hydrogen) atoms. The first-order valence-electron chi connectivity index (χ1n) is 7.31. The molecule has 0 spiro atoms. The highest BCUT2D eigenvalue weighted by molar-refractivity contribution is 7.86. The molecule has 0 saturated heterocycles. The summed E-state index contributed by atoms with van der Waals surface area (Å²) in [4.78, 5) is 0. The number of aliphatic hydroxyl groups is 1. The molecule has 0 heterocycles. The van der Waals surface area contributed by atoms with Crippen molar-refractivity contribution in [2.45, 2.75) is 19.1 Å². The molecule has 0 bridgehead atoms. The quantitative estimate of drug-likeness (QED) is 0.760.